The highest BCUT2D eigenvalue weighted by Gasteiger charge is 2.31. The Kier molecular flexibility index (Phi) is 7.87. The van der Waals surface area contributed by atoms with Gasteiger partial charge in [-0.1, -0.05) is 36.7 Å². The molecular formula is C20H24ClFN2O4S. The van der Waals surface area contributed by atoms with Crippen molar-refractivity contribution in [3.63, 3.8) is 0 Å². The molecule has 0 aromatic heterocycles. The number of nitrogens with zero attached hydrogens (tertiary/aromatic N) is 1. The van der Waals surface area contributed by atoms with Crippen LogP contribution >= 0.6 is 11.6 Å². The van der Waals surface area contributed by atoms with Gasteiger partial charge in [0.1, 0.15) is 17.6 Å². The van der Waals surface area contributed by atoms with Crippen LogP contribution in [0.25, 0.3) is 0 Å². The maximum absolute atomic E-state index is 13.5. The van der Waals surface area contributed by atoms with Gasteiger partial charge in [0.2, 0.25) is 15.9 Å². The van der Waals surface area contributed by atoms with Crippen molar-refractivity contribution in [1.29, 1.82) is 0 Å². The van der Waals surface area contributed by atoms with E-state index in [0.717, 1.165) is 22.2 Å². The predicted molar refractivity (Wildman–Crippen MR) is 112 cm³/mol. The number of hydrogen-bond acceptors (Lipinski definition) is 4. The van der Waals surface area contributed by atoms with Gasteiger partial charge < -0.3 is 10.1 Å². The van der Waals surface area contributed by atoms with Gasteiger partial charge in [0.05, 0.1) is 23.6 Å². The zero-order valence-electron chi connectivity index (χ0n) is 16.5. The van der Waals surface area contributed by atoms with Crippen molar-refractivity contribution in [1.82, 2.24) is 5.32 Å². The fourth-order valence-corrected chi connectivity index (χ4v) is 4.31. The van der Waals surface area contributed by atoms with Crippen LogP contribution in [0.2, 0.25) is 5.02 Å². The topological polar surface area (TPSA) is 75.7 Å². The number of sulfonamides is 1. The average molecular weight is 443 g/mol. The van der Waals surface area contributed by atoms with Crippen molar-refractivity contribution in [2.75, 3.05) is 17.2 Å². The lowest BCUT2D eigenvalue weighted by Crippen LogP contribution is -2.49. The average Bonchev–Trinajstić information content (AvgIpc) is 2.66. The van der Waals surface area contributed by atoms with Crippen LogP contribution in [0.3, 0.4) is 0 Å². The molecule has 0 fully saturated rings. The number of nitrogens with one attached hydrogen (secondary N) is 1. The first kappa shape index (κ1) is 23.0. The number of para-hydroxylation sites is 1. The number of benzene rings is 2. The molecule has 0 bridgehead atoms. The smallest absolute Gasteiger partial charge is 0.244 e. The van der Waals surface area contributed by atoms with Crippen LogP contribution in [0.15, 0.2) is 42.5 Å². The first-order valence-corrected chi connectivity index (χ1v) is 11.3. The van der Waals surface area contributed by atoms with Gasteiger partial charge in [-0.15, -0.1) is 0 Å². The molecule has 29 heavy (non-hydrogen) atoms. The lowest BCUT2D eigenvalue weighted by Gasteiger charge is -2.30. The molecule has 6 nitrogen and oxygen atoms in total. The van der Waals surface area contributed by atoms with Crippen LogP contribution in [0.5, 0.6) is 5.75 Å². The third-order valence-corrected chi connectivity index (χ3v) is 5.68. The molecule has 9 heteroatoms. The van der Waals surface area contributed by atoms with Crippen LogP contribution in [0.4, 0.5) is 10.1 Å². The van der Waals surface area contributed by atoms with Crippen molar-refractivity contribution in [3.8, 4) is 5.75 Å². The predicted octanol–water partition coefficient (Wildman–Crippen LogP) is 3.74. The molecule has 0 saturated heterocycles. The quantitative estimate of drug-likeness (QED) is 0.641. The second-order valence-corrected chi connectivity index (χ2v) is 8.61. The molecule has 0 heterocycles. The molecule has 1 atom stereocenters. The van der Waals surface area contributed by atoms with Crippen LogP contribution in [-0.2, 0) is 21.4 Å². The van der Waals surface area contributed by atoms with Gasteiger partial charge in [0.15, 0.2) is 0 Å². The summed E-state index contributed by atoms with van der Waals surface area (Å²) >= 11 is 5.81. The van der Waals surface area contributed by atoms with Gasteiger partial charge in [-0.05, 0) is 37.6 Å². The third-order valence-electron chi connectivity index (χ3n) is 4.21. The van der Waals surface area contributed by atoms with Crippen molar-refractivity contribution >= 4 is 33.2 Å². The summed E-state index contributed by atoms with van der Waals surface area (Å²) in [6.45, 7) is 4.21. The summed E-state index contributed by atoms with van der Waals surface area (Å²) < 4.78 is 44.9. The van der Waals surface area contributed by atoms with Crippen molar-refractivity contribution < 1.29 is 22.3 Å². The number of anilines is 1. The molecule has 2 aromatic carbocycles. The molecule has 0 aliphatic heterocycles. The number of amides is 1. The number of hydrogen-bond donors (Lipinski definition) is 1. The zero-order valence-corrected chi connectivity index (χ0v) is 18.1. The zero-order chi connectivity index (χ0) is 21.6. The van der Waals surface area contributed by atoms with E-state index in [1.54, 1.807) is 13.0 Å². The molecule has 1 amide bonds. The summed E-state index contributed by atoms with van der Waals surface area (Å²) in [5.74, 6) is -0.507. The number of carbonyl (C=O) groups is 1. The summed E-state index contributed by atoms with van der Waals surface area (Å²) in [5, 5.41) is 2.54. The summed E-state index contributed by atoms with van der Waals surface area (Å²) in [7, 11) is -3.84. The lowest BCUT2D eigenvalue weighted by molar-refractivity contribution is -0.122. The van der Waals surface area contributed by atoms with E-state index in [-0.39, 0.29) is 23.7 Å². The van der Waals surface area contributed by atoms with Gasteiger partial charge in [0, 0.05) is 12.1 Å². The van der Waals surface area contributed by atoms with E-state index in [2.05, 4.69) is 5.32 Å². The van der Waals surface area contributed by atoms with Gasteiger partial charge in [-0.3, -0.25) is 9.10 Å². The fraction of sp³-hybridized carbons (Fsp3) is 0.350. The molecule has 0 unspecified atom stereocenters. The highest BCUT2D eigenvalue weighted by atomic mass is 35.5. The van der Waals surface area contributed by atoms with E-state index >= 15 is 0 Å². The van der Waals surface area contributed by atoms with E-state index in [1.807, 2.05) is 25.1 Å². The third kappa shape index (κ3) is 5.83. The van der Waals surface area contributed by atoms with E-state index in [9.17, 15) is 17.6 Å². The van der Waals surface area contributed by atoms with Gasteiger partial charge >= 0.3 is 0 Å². The molecule has 2 aromatic rings. The summed E-state index contributed by atoms with van der Waals surface area (Å²) in [4.78, 5) is 12.9. The van der Waals surface area contributed by atoms with Crippen molar-refractivity contribution in [2.24, 2.45) is 0 Å². The normalized spacial score (nSPS) is 12.3. The second-order valence-electron chi connectivity index (χ2n) is 6.34. The van der Waals surface area contributed by atoms with Crippen molar-refractivity contribution in [3.05, 3.63) is 58.9 Å². The maximum Gasteiger partial charge on any atom is 0.244 e. The highest BCUT2D eigenvalue weighted by Crippen LogP contribution is 2.27. The lowest BCUT2D eigenvalue weighted by atomic mass is 10.1. The molecule has 0 aliphatic rings. The number of carbonyl (C=O) groups excluding carboxylic acids is 1. The molecule has 158 valence electrons. The Bertz CT molecular complexity index is 969. The van der Waals surface area contributed by atoms with Gasteiger partial charge in [-0.2, -0.15) is 0 Å². The Morgan fingerprint density at radius 2 is 1.93 bits per heavy atom. The van der Waals surface area contributed by atoms with Crippen LogP contribution < -0.4 is 14.4 Å². The Balaban J connectivity index is 2.28. The SMILES string of the molecule is CCOc1ccccc1CNC(=O)[C@H](CC)N(c1ccc(F)c(Cl)c1)S(C)(=O)=O. The monoisotopic (exact) mass is 442 g/mol. The molecule has 2 rings (SSSR count). The summed E-state index contributed by atoms with van der Waals surface area (Å²) in [6, 6.07) is 9.79. The first-order valence-electron chi connectivity index (χ1n) is 9.11. The van der Waals surface area contributed by atoms with Gasteiger partial charge in [-0.25, -0.2) is 12.8 Å². The Hall–Kier alpha value is -2.32. The molecule has 0 radical (unpaired) electrons. The van der Waals surface area contributed by atoms with Crippen molar-refractivity contribution in [2.45, 2.75) is 32.9 Å². The molecule has 0 aliphatic carbocycles. The standard InChI is InChI=1S/C20H24ClFN2O4S/c1-4-18(20(25)23-13-14-8-6-7-9-19(14)28-5-2)24(29(3,26)27)15-10-11-17(22)16(21)12-15/h6-12,18H,4-5,13H2,1-3H3,(H,23,25)/t18-/m0/s1. The second kappa shape index (κ2) is 9.93. The van der Waals surface area contributed by atoms with E-state index in [0.29, 0.717) is 12.4 Å². The number of ether oxygens (including phenoxy) is 1. The minimum absolute atomic E-state index is 0.121. The van der Waals surface area contributed by atoms with E-state index in [1.165, 1.54) is 12.1 Å². The maximum atomic E-state index is 13.5. The fourth-order valence-electron chi connectivity index (χ4n) is 2.93. The molecule has 1 N–H and O–H groups in total. The number of halogens is 2. The van der Waals surface area contributed by atoms with Crippen LogP contribution in [0.1, 0.15) is 25.8 Å². The van der Waals surface area contributed by atoms with E-state index in [4.69, 9.17) is 16.3 Å². The highest BCUT2D eigenvalue weighted by molar-refractivity contribution is 7.92. The van der Waals surface area contributed by atoms with E-state index < -0.39 is 27.8 Å². The minimum Gasteiger partial charge on any atom is -0.494 e. The Morgan fingerprint density at radius 3 is 2.52 bits per heavy atom. The largest absolute Gasteiger partial charge is 0.494 e. The van der Waals surface area contributed by atoms with Crippen LogP contribution in [-0.4, -0.2) is 33.2 Å². The first-order chi connectivity index (χ1) is 13.7. The summed E-state index contributed by atoms with van der Waals surface area (Å²) in [5.41, 5.74) is 0.893. The van der Waals surface area contributed by atoms with Gasteiger partial charge in [0.25, 0.3) is 0 Å². The molecule has 0 saturated carbocycles. The Labute approximate surface area is 175 Å². The summed E-state index contributed by atoms with van der Waals surface area (Å²) in [6.07, 6.45) is 1.20. The van der Waals surface area contributed by atoms with Crippen LogP contribution in [0, 0.1) is 5.82 Å². The molecule has 0 spiro atoms. The number of rotatable bonds is 9. The Morgan fingerprint density at radius 1 is 1.24 bits per heavy atom. The molecular weight excluding hydrogens is 419 g/mol. The minimum atomic E-state index is -3.84.